The number of alkyl carbamates (subject to hydrolysis) is 1. The van der Waals surface area contributed by atoms with E-state index in [1.807, 2.05) is 20.8 Å². The minimum atomic E-state index is -2.58. The van der Waals surface area contributed by atoms with Crippen LogP contribution in [0.3, 0.4) is 0 Å². The molecule has 0 aromatic heterocycles. The second kappa shape index (κ2) is 5.38. The van der Waals surface area contributed by atoms with Crippen LogP contribution in [0.25, 0.3) is 0 Å². The number of nitrogens with two attached hydrogens (primary N) is 1. The van der Waals surface area contributed by atoms with Gasteiger partial charge in [0.15, 0.2) is 0 Å². The van der Waals surface area contributed by atoms with Gasteiger partial charge >= 0.3 is 6.09 Å². The molecule has 4 nitrogen and oxygen atoms in total. The normalized spacial score (nSPS) is 31.1. The van der Waals surface area contributed by atoms with Crippen molar-refractivity contribution in [2.24, 2.45) is 11.7 Å². The molecule has 2 aliphatic rings. The van der Waals surface area contributed by atoms with Crippen LogP contribution in [0.4, 0.5) is 13.6 Å². The van der Waals surface area contributed by atoms with Gasteiger partial charge in [-0.2, -0.15) is 0 Å². The van der Waals surface area contributed by atoms with Gasteiger partial charge in [-0.3, -0.25) is 0 Å². The van der Waals surface area contributed by atoms with Gasteiger partial charge < -0.3 is 15.8 Å². The number of carbonyl (C=O) groups is 1. The number of hydrogen-bond acceptors (Lipinski definition) is 3. The van der Waals surface area contributed by atoms with Crippen molar-refractivity contribution < 1.29 is 18.3 Å². The first kappa shape index (κ1) is 16.5. The van der Waals surface area contributed by atoms with E-state index in [1.54, 1.807) is 0 Å². The molecule has 2 fully saturated rings. The fourth-order valence-electron chi connectivity index (χ4n) is 3.49. The molecule has 21 heavy (non-hydrogen) atoms. The fraction of sp³-hybridized carbons (Fsp3) is 0.933. The Hall–Kier alpha value is -0.910. The Bertz CT molecular complexity index is 391. The Morgan fingerprint density at radius 3 is 2.14 bits per heavy atom. The Labute approximate surface area is 124 Å². The van der Waals surface area contributed by atoms with Crippen LogP contribution in [-0.4, -0.2) is 29.2 Å². The first-order valence-corrected chi connectivity index (χ1v) is 7.65. The minimum absolute atomic E-state index is 0.0558. The lowest BCUT2D eigenvalue weighted by molar-refractivity contribution is -0.143. The highest BCUT2D eigenvalue weighted by Gasteiger charge is 2.57. The molecule has 122 valence electrons. The molecule has 0 radical (unpaired) electrons. The third-order valence-electron chi connectivity index (χ3n) is 4.44. The molecule has 2 saturated carbocycles. The summed E-state index contributed by atoms with van der Waals surface area (Å²) >= 11 is 0. The first-order chi connectivity index (χ1) is 9.49. The molecule has 2 rings (SSSR count). The number of carbonyl (C=O) groups excluding carboxylic acids is 1. The van der Waals surface area contributed by atoms with Crippen LogP contribution in [0.5, 0.6) is 0 Å². The predicted octanol–water partition coefficient (Wildman–Crippen LogP) is 3.20. The molecule has 0 saturated heterocycles. The smallest absolute Gasteiger partial charge is 0.407 e. The van der Waals surface area contributed by atoms with Crippen molar-refractivity contribution in [1.29, 1.82) is 0 Å². The highest BCUT2D eigenvalue weighted by Crippen LogP contribution is 2.51. The van der Waals surface area contributed by atoms with E-state index in [2.05, 4.69) is 5.32 Å². The average Bonchev–Trinajstić information content (AvgIpc) is 2.24. The van der Waals surface area contributed by atoms with Crippen molar-refractivity contribution in [1.82, 2.24) is 5.32 Å². The van der Waals surface area contributed by atoms with Gasteiger partial charge in [-0.15, -0.1) is 0 Å². The van der Waals surface area contributed by atoms with E-state index >= 15 is 0 Å². The summed E-state index contributed by atoms with van der Waals surface area (Å²) in [4.78, 5) is 11.7. The summed E-state index contributed by atoms with van der Waals surface area (Å²) in [6, 6.07) is 0.0558. The summed E-state index contributed by atoms with van der Waals surface area (Å²) in [6.07, 6.45) is 2.30. The molecular weight excluding hydrogens is 278 g/mol. The molecule has 0 atom stereocenters. The van der Waals surface area contributed by atoms with Crippen LogP contribution in [0.2, 0.25) is 0 Å². The third kappa shape index (κ3) is 4.28. The summed E-state index contributed by atoms with van der Waals surface area (Å²) in [6.45, 7) is 5.45. The average molecular weight is 304 g/mol. The van der Waals surface area contributed by atoms with E-state index in [9.17, 15) is 13.6 Å². The third-order valence-corrected chi connectivity index (χ3v) is 4.44. The molecule has 0 aromatic rings. The maximum absolute atomic E-state index is 13.0. The Morgan fingerprint density at radius 2 is 1.71 bits per heavy atom. The molecule has 0 aliphatic heterocycles. The zero-order valence-electron chi connectivity index (χ0n) is 13.0. The second-order valence-electron chi connectivity index (χ2n) is 7.64. The van der Waals surface area contributed by atoms with E-state index in [-0.39, 0.29) is 24.8 Å². The quantitative estimate of drug-likeness (QED) is 0.823. The minimum Gasteiger partial charge on any atom is -0.444 e. The van der Waals surface area contributed by atoms with Crippen molar-refractivity contribution in [3.63, 3.8) is 0 Å². The van der Waals surface area contributed by atoms with E-state index in [0.29, 0.717) is 0 Å². The fourth-order valence-corrected chi connectivity index (χ4v) is 3.49. The van der Waals surface area contributed by atoms with E-state index in [4.69, 9.17) is 10.5 Å². The van der Waals surface area contributed by atoms with Crippen LogP contribution in [0.1, 0.15) is 59.3 Å². The molecule has 1 amide bonds. The number of nitrogens with one attached hydrogen (secondary N) is 1. The highest BCUT2D eigenvalue weighted by molar-refractivity contribution is 5.68. The molecule has 0 unspecified atom stereocenters. The molecular formula is C15H26F2N2O2. The Morgan fingerprint density at radius 1 is 1.19 bits per heavy atom. The number of amides is 1. The largest absolute Gasteiger partial charge is 0.444 e. The zero-order valence-corrected chi connectivity index (χ0v) is 13.0. The summed E-state index contributed by atoms with van der Waals surface area (Å²) in [5.41, 5.74) is 4.87. The van der Waals surface area contributed by atoms with Gasteiger partial charge in [0, 0.05) is 24.4 Å². The van der Waals surface area contributed by atoms with Gasteiger partial charge in [0.25, 0.3) is 5.92 Å². The number of rotatable bonds is 2. The molecule has 2 aliphatic carbocycles. The SMILES string of the molecule is CC(C)(C)OC(=O)NC1CCC(C2(N)CC(F)(F)C2)CC1. The van der Waals surface area contributed by atoms with E-state index < -0.39 is 23.2 Å². The van der Waals surface area contributed by atoms with Crippen LogP contribution in [0.15, 0.2) is 0 Å². The summed E-state index contributed by atoms with van der Waals surface area (Å²) in [5, 5.41) is 2.85. The van der Waals surface area contributed by atoms with Gasteiger partial charge in [0.2, 0.25) is 0 Å². The highest BCUT2D eigenvalue weighted by atomic mass is 19.3. The lowest BCUT2D eigenvalue weighted by atomic mass is 9.62. The van der Waals surface area contributed by atoms with Crippen LogP contribution in [-0.2, 0) is 4.74 Å². The predicted molar refractivity (Wildman–Crippen MR) is 76.2 cm³/mol. The first-order valence-electron chi connectivity index (χ1n) is 7.65. The van der Waals surface area contributed by atoms with Gasteiger partial charge in [-0.1, -0.05) is 0 Å². The summed E-state index contributed by atoms with van der Waals surface area (Å²) in [5.74, 6) is -2.45. The molecule has 0 aromatic carbocycles. The van der Waals surface area contributed by atoms with Crippen molar-refractivity contribution in [2.75, 3.05) is 0 Å². The number of halogens is 2. The maximum Gasteiger partial charge on any atom is 0.407 e. The topological polar surface area (TPSA) is 64.3 Å². The molecule has 3 N–H and O–H groups in total. The molecule has 0 spiro atoms. The monoisotopic (exact) mass is 304 g/mol. The molecule has 0 bridgehead atoms. The zero-order chi connectivity index (χ0) is 15.9. The maximum atomic E-state index is 13.0. The van der Waals surface area contributed by atoms with Gasteiger partial charge in [-0.25, -0.2) is 13.6 Å². The van der Waals surface area contributed by atoms with Gasteiger partial charge in [0.05, 0.1) is 0 Å². The second-order valence-corrected chi connectivity index (χ2v) is 7.64. The van der Waals surface area contributed by atoms with Crippen LogP contribution >= 0.6 is 0 Å². The Kier molecular flexibility index (Phi) is 4.21. The van der Waals surface area contributed by atoms with Crippen molar-refractivity contribution >= 4 is 6.09 Å². The van der Waals surface area contributed by atoms with Crippen LogP contribution < -0.4 is 11.1 Å². The number of alkyl halides is 2. The van der Waals surface area contributed by atoms with Crippen molar-refractivity contribution in [2.45, 2.75) is 82.4 Å². The summed E-state index contributed by atoms with van der Waals surface area (Å²) in [7, 11) is 0. The summed E-state index contributed by atoms with van der Waals surface area (Å²) < 4.78 is 31.3. The molecule has 0 heterocycles. The molecule has 6 heteroatoms. The lowest BCUT2D eigenvalue weighted by Gasteiger charge is -2.51. The van der Waals surface area contributed by atoms with E-state index in [1.165, 1.54) is 0 Å². The standard InChI is InChI=1S/C15H26F2N2O2/c1-13(2,3)21-12(20)19-11-6-4-10(5-7-11)14(18)8-15(16,17)9-14/h10-11H,4-9,18H2,1-3H3,(H,19,20). The lowest BCUT2D eigenvalue weighted by Crippen LogP contribution is -2.63. The number of hydrogen-bond donors (Lipinski definition) is 2. The van der Waals surface area contributed by atoms with E-state index in [0.717, 1.165) is 25.7 Å². The Balaban J connectivity index is 1.75. The van der Waals surface area contributed by atoms with Crippen molar-refractivity contribution in [3.8, 4) is 0 Å². The van der Waals surface area contributed by atoms with Crippen LogP contribution in [0, 0.1) is 5.92 Å². The van der Waals surface area contributed by atoms with Gasteiger partial charge in [-0.05, 0) is 52.4 Å². The van der Waals surface area contributed by atoms with Crippen molar-refractivity contribution in [3.05, 3.63) is 0 Å². The number of ether oxygens (including phenoxy) is 1. The van der Waals surface area contributed by atoms with Gasteiger partial charge in [0.1, 0.15) is 5.60 Å².